The summed E-state index contributed by atoms with van der Waals surface area (Å²) in [4.78, 5) is 11.7. The van der Waals surface area contributed by atoms with Gasteiger partial charge in [-0.2, -0.15) is 0 Å². The Balaban J connectivity index is 2.00. The van der Waals surface area contributed by atoms with Crippen LogP contribution in [0, 0.1) is 12.7 Å². The van der Waals surface area contributed by atoms with E-state index in [2.05, 4.69) is 10.6 Å². The Morgan fingerprint density at radius 3 is 3.00 bits per heavy atom. The minimum atomic E-state index is -0.393. The number of amides is 2. The van der Waals surface area contributed by atoms with Gasteiger partial charge in [-0.05, 0) is 31.0 Å². The number of carbonyl (C=O) groups is 1. The van der Waals surface area contributed by atoms with Gasteiger partial charge in [-0.25, -0.2) is 9.18 Å². The number of urea groups is 1. The Kier molecular flexibility index (Phi) is 4.04. The lowest BCUT2D eigenvalue weighted by molar-refractivity contribution is 0.189. The Morgan fingerprint density at radius 1 is 1.56 bits per heavy atom. The van der Waals surface area contributed by atoms with Crippen LogP contribution in [0.25, 0.3) is 0 Å². The van der Waals surface area contributed by atoms with Crippen molar-refractivity contribution in [3.8, 4) is 0 Å². The van der Waals surface area contributed by atoms with Crippen molar-refractivity contribution in [2.24, 2.45) is 0 Å². The first-order valence-corrected chi connectivity index (χ1v) is 6.05. The maximum absolute atomic E-state index is 13.2. The zero-order chi connectivity index (χ0) is 13.1. The fourth-order valence-electron chi connectivity index (χ4n) is 1.75. The Morgan fingerprint density at radius 2 is 2.33 bits per heavy atom. The number of hydrogen-bond acceptors (Lipinski definition) is 2. The highest BCUT2D eigenvalue weighted by Gasteiger charge is 2.18. The molecule has 2 N–H and O–H groups in total. The van der Waals surface area contributed by atoms with E-state index in [1.165, 1.54) is 12.1 Å². The number of carbonyl (C=O) groups excluding carboxylic acids is 1. The molecule has 4 nitrogen and oxygen atoms in total. The number of nitrogens with one attached hydrogen (secondary N) is 2. The third-order valence-electron chi connectivity index (χ3n) is 2.76. The molecule has 1 aromatic rings. The summed E-state index contributed by atoms with van der Waals surface area (Å²) in [6, 6.07) is 2.34. The monoisotopic (exact) mass is 272 g/mol. The van der Waals surface area contributed by atoms with E-state index in [1.54, 1.807) is 6.92 Å². The van der Waals surface area contributed by atoms with Gasteiger partial charge in [0, 0.05) is 6.61 Å². The van der Waals surface area contributed by atoms with E-state index in [9.17, 15) is 9.18 Å². The first-order chi connectivity index (χ1) is 8.56. The highest BCUT2D eigenvalue weighted by Crippen LogP contribution is 2.25. The quantitative estimate of drug-likeness (QED) is 0.870. The molecule has 1 saturated heterocycles. The molecule has 98 valence electrons. The van der Waals surface area contributed by atoms with Crippen molar-refractivity contribution in [3.05, 3.63) is 28.5 Å². The van der Waals surface area contributed by atoms with E-state index < -0.39 is 5.82 Å². The number of benzene rings is 1. The zero-order valence-electron chi connectivity index (χ0n) is 9.93. The lowest BCUT2D eigenvalue weighted by atomic mass is 10.2. The number of rotatable bonds is 2. The number of halogens is 2. The van der Waals surface area contributed by atoms with Crippen molar-refractivity contribution >= 4 is 23.3 Å². The van der Waals surface area contributed by atoms with E-state index in [-0.39, 0.29) is 17.1 Å². The summed E-state index contributed by atoms with van der Waals surface area (Å²) in [6.45, 7) is 2.78. The lowest BCUT2D eigenvalue weighted by Crippen LogP contribution is -2.38. The van der Waals surface area contributed by atoms with Gasteiger partial charge in [0.2, 0.25) is 0 Å². The van der Waals surface area contributed by atoms with Crippen LogP contribution < -0.4 is 10.6 Å². The third-order valence-corrected chi connectivity index (χ3v) is 3.07. The normalized spacial score (nSPS) is 18.7. The van der Waals surface area contributed by atoms with E-state index in [4.69, 9.17) is 16.3 Å². The molecule has 1 fully saturated rings. The molecule has 0 bridgehead atoms. The molecule has 1 aromatic carbocycles. The predicted octanol–water partition coefficient (Wildman–Crippen LogP) is 2.70. The maximum Gasteiger partial charge on any atom is 0.319 e. The van der Waals surface area contributed by atoms with Crippen molar-refractivity contribution < 1.29 is 13.9 Å². The molecule has 1 atom stereocenters. The van der Waals surface area contributed by atoms with Crippen molar-refractivity contribution in [1.29, 1.82) is 0 Å². The molecular weight excluding hydrogens is 259 g/mol. The highest BCUT2D eigenvalue weighted by atomic mass is 35.5. The first-order valence-electron chi connectivity index (χ1n) is 5.67. The van der Waals surface area contributed by atoms with Crippen LogP contribution in [0.5, 0.6) is 0 Å². The van der Waals surface area contributed by atoms with E-state index >= 15 is 0 Å². The molecule has 0 saturated carbocycles. The van der Waals surface area contributed by atoms with Gasteiger partial charge in [-0.15, -0.1) is 0 Å². The van der Waals surface area contributed by atoms with Gasteiger partial charge in [-0.1, -0.05) is 11.6 Å². The van der Waals surface area contributed by atoms with Crippen LogP contribution >= 0.6 is 11.6 Å². The minimum Gasteiger partial charge on any atom is -0.379 e. The molecule has 6 heteroatoms. The maximum atomic E-state index is 13.2. The number of hydrogen-bond donors (Lipinski definition) is 2. The molecule has 0 spiro atoms. The van der Waals surface area contributed by atoms with E-state index in [0.29, 0.717) is 24.5 Å². The van der Waals surface area contributed by atoms with Crippen molar-refractivity contribution in [1.82, 2.24) is 5.32 Å². The van der Waals surface area contributed by atoms with Crippen LogP contribution in [-0.2, 0) is 4.74 Å². The van der Waals surface area contributed by atoms with Crippen molar-refractivity contribution in [3.63, 3.8) is 0 Å². The van der Waals surface area contributed by atoms with Crippen LogP contribution in [0.15, 0.2) is 12.1 Å². The van der Waals surface area contributed by atoms with Crippen molar-refractivity contribution in [2.45, 2.75) is 19.4 Å². The molecular formula is C12H14ClFN2O2. The number of ether oxygens (including phenoxy) is 1. The topological polar surface area (TPSA) is 50.4 Å². The second-order valence-corrected chi connectivity index (χ2v) is 4.65. The second-order valence-electron chi connectivity index (χ2n) is 4.24. The molecule has 0 radical (unpaired) electrons. The smallest absolute Gasteiger partial charge is 0.319 e. The zero-order valence-corrected chi connectivity index (χ0v) is 10.7. The summed E-state index contributed by atoms with van der Waals surface area (Å²) < 4.78 is 18.3. The molecule has 0 aliphatic carbocycles. The SMILES string of the molecule is Cc1cc(NC(=O)NC2CCOC2)c(Cl)cc1F. The van der Waals surface area contributed by atoms with E-state index in [0.717, 1.165) is 6.42 Å². The lowest BCUT2D eigenvalue weighted by Gasteiger charge is -2.13. The van der Waals surface area contributed by atoms with Crippen LogP contribution in [0.3, 0.4) is 0 Å². The standard InChI is InChI=1S/C12H14ClFN2O2/c1-7-4-11(9(13)5-10(7)14)16-12(17)15-8-2-3-18-6-8/h4-5,8H,2-3,6H2,1H3,(H2,15,16,17). The minimum absolute atomic E-state index is 0.0188. The molecule has 1 aliphatic heterocycles. The molecule has 18 heavy (non-hydrogen) atoms. The van der Waals surface area contributed by atoms with Gasteiger partial charge in [0.15, 0.2) is 0 Å². The molecule has 1 aliphatic rings. The molecule has 1 heterocycles. The van der Waals surface area contributed by atoms with Crippen LogP contribution in [0.2, 0.25) is 5.02 Å². The van der Waals surface area contributed by atoms with Gasteiger partial charge in [0.1, 0.15) is 5.82 Å². The average Bonchev–Trinajstić information content (AvgIpc) is 2.78. The summed E-state index contributed by atoms with van der Waals surface area (Å²) in [5.41, 5.74) is 0.825. The molecule has 2 amide bonds. The summed E-state index contributed by atoms with van der Waals surface area (Å²) in [7, 11) is 0. The molecule has 2 rings (SSSR count). The summed E-state index contributed by atoms with van der Waals surface area (Å²) in [5, 5.41) is 5.54. The van der Waals surface area contributed by atoms with E-state index in [1.807, 2.05) is 0 Å². The van der Waals surface area contributed by atoms with Crippen LogP contribution in [0.1, 0.15) is 12.0 Å². The van der Waals surface area contributed by atoms with Gasteiger partial charge in [0.05, 0.1) is 23.4 Å². The Bertz CT molecular complexity index is 462. The summed E-state index contributed by atoms with van der Waals surface area (Å²) in [6.07, 6.45) is 0.795. The van der Waals surface area contributed by atoms with Gasteiger partial charge < -0.3 is 15.4 Å². The Labute approximate surface area is 109 Å². The number of anilines is 1. The van der Waals surface area contributed by atoms with Crippen molar-refractivity contribution in [2.75, 3.05) is 18.5 Å². The fraction of sp³-hybridized carbons (Fsp3) is 0.417. The van der Waals surface area contributed by atoms with Crippen LogP contribution in [0.4, 0.5) is 14.9 Å². The molecule has 0 aromatic heterocycles. The fourth-order valence-corrected chi connectivity index (χ4v) is 1.94. The van der Waals surface area contributed by atoms with Gasteiger partial charge >= 0.3 is 6.03 Å². The van der Waals surface area contributed by atoms with Gasteiger partial charge in [0.25, 0.3) is 0 Å². The average molecular weight is 273 g/mol. The third kappa shape index (κ3) is 3.11. The second kappa shape index (κ2) is 5.54. The molecule has 1 unspecified atom stereocenters. The Hall–Kier alpha value is -1.33. The van der Waals surface area contributed by atoms with Gasteiger partial charge in [-0.3, -0.25) is 0 Å². The van der Waals surface area contributed by atoms with Crippen LogP contribution in [-0.4, -0.2) is 25.3 Å². The number of aryl methyl sites for hydroxylation is 1. The summed E-state index contributed by atoms with van der Waals surface area (Å²) >= 11 is 5.86. The first kappa shape index (κ1) is 13.1. The summed E-state index contributed by atoms with van der Waals surface area (Å²) in [5.74, 6) is -0.393. The highest BCUT2D eigenvalue weighted by molar-refractivity contribution is 6.33. The predicted molar refractivity (Wildman–Crippen MR) is 67.5 cm³/mol. The largest absolute Gasteiger partial charge is 0.379 e.